The van der Waals surface area contributed by atoms with Crippen molar-refractivity contribution in [3.63, 3.8) is 0 Å². The van der Waals surface area contributed by atoms with Crippen LogP contribution in [0.25, 0.3) is 0 Å². The quantitative estimate of drug-likeness (QED) is 0.375. The van der Waals surface area contributed by atoms with E-state index in [1.54, 1.807) is 0 Å². The van der Waals surface area contributed by atoms with Crippen LogP contribution in [-0.4, -0.2) is 50.2 Å². The van der Waals surface area contributed by atoms with Gasteiger partial charge in [-0.15, -0.1) is 0 Å². The molecule has 0 aromatic rings. The molecule has 0 amide bonds. The Morgan fingerprint density at radius 3 is 2.33 bits per heavy atom. The molecule has 1 rings (SSSR count). The molecule has 0 saturated heterocycles. The summed E-state index contributed by atoms with van der Waals surface area (Å²) in [6, 6.07) is -1.27. The number of carboxylic acid groups (broad SMARTS) is 2. The Kier molecular flexibility index (Phi) is 4.50. The zero-order valence-corrected chi connectivity index (χ0v) is 10.4. The van der Waals surface area contributed by atoms with E-state index in [1.807, 2.05) is 0 Å². The summed E-state index contributed by atoms with van der Waals surface area (Å²) in [5.74, 6) is -5.56. The molecule has 0 aromatic heterocycles. The van der Waals surface area contributed by atoms with Crippen LogP contribution >= 0.6 is 7.37 Å². The third kappa shape index (κ3) is 3.52. The van der Waals surface area contributed by atoms with E-state index in [0.717, 1.165) is 0 Å². The van der Waals surface area contributed by atoms with Gasteiger partial charge in [-0.3, -0.25) is 14.2 Å². The van der Waals surface area contributed by atoms with Crippen molar-refractivity contribution in [2.24, 2.45) is 17.6 Å². The molecule has 9 heteroatoms. The van der Waals surface area contributed by atoms with Crippen LogP contribution in [0.5, 0.6) is 0 Å². The SMILES string of the molecule is N[C@@H](CCP(=O)(O)[C@@H](O)[C@H]1C[C@@H]1C(=O)O)C(=O)O. The van der Waals surface area contributed by atoms with Crippen LogP contribution in [0.3, 0.4) is 0 Å². The molecule has 104 valence electrons. The van der Waals surface area contributed by atoms with Crippen LogP contribution in [0.15, 0.2) is 0 Å². The third-order valence-corrected chi connectivity index (χ3v) is 5.14. The molecule has 0 spiro atoms. The topological polar surface area (TPSA) is 158 Å². The maximum absolute atomic E-state index is 11.8. The molecular weight excluding hydrogens is 265 g/mol. The lowest BCUT2D eigenvalue weighted by atomic mass is 10.2. The number of hydrogen-bond acceptors (Lipinski definition) is 5. The van der Waals surface area contributed by atoms with Gasteiger partial charge in [-0.1, -0.05) is 0 Å². The van der Waals surface area contributed by atoms with Gasteiger partial charge in [-0.2, -0.15) is 0 Å². The zero-order chi connectivity index (χ0) is 14.1. The van der Waals surface area contributed by atoms with E-state index in [-0.39, 0.29) is 12.8 Å². The van der Waals surface area contributed by atoms with Gasteiger partial charge in [0.2, 0.25) is 7.37 Å². The predicted molar refractivity (Wildman–Crippen MR) is 60.2 cm³/mol. The highest BCUT2D eigenvalue weighted by Gasteiger charge is 2.53. The smallest absolute Gasteiger partial charge is 0.320 e. The van der Waals surface area contributed by atoms with Crippen LogP contribution in [0.2, 0.25) is 0 Å². The van der Waals surface area contributed by atoms with Gasteiger partial charge in [-0.05, 0) is 12.8 Å². The van der Waals surface area contributed by atoms with Crippen LogP contribution in [0.4, 0.5) is 0 Å². The Bertz CT molecular complexity index is 398. The highest BCUT2D eigenvalue weighted by Crippen LogP contribution is 2.57. The van der Waals surface area contributed by atoms with E-state index < -0.39 is 49.2 Å². The summed E-state index contributed by atoms with van der Waals surface area (Å²) in [7, 11) is -4.00. The van der Waals surface area contributed by atoms with Crippen molar-refractivity contribution in [3.8, 4) is 0 Å². The predicted octanol–water partition coefficient (Wildman–Crippen LogP) is -0.902. The highest BCUT2D eigenvalue weighted by molar-refractivity contribution is 7.58. The van der Waals surface area contributed by atoms with Gasteiger partial charge >= 0.3 is 11.9 Å². The molecular formula is C9H16NO7P. The molecule has 0 aliphatic heterocycles. The van der Waals surface area contributed by atoms with Crippen molar-refractivity contribution >= 4 is 19.3 Å². The summed E-state index contributed by atoms with van der Waals surface area (Å²) in [4.78, 5) is 30.6. The first-order valence-corrected chi connectivity index (χ1v) is 7.29. The first-order valence-electron chi connectivity index (χ1n) is 5.37. The number of carboxylic acids is 2. The van der Waals surface area contributed by atoms with E-state index in [4.69, 9.17) is 15.9 Å². The summed E-state index contributed by atoms with van der Waals surface area (Å²) in [5.41, 5.74) is 5.18. The minimum absolute atomic E-state index is 0.159. The second kappa shape index (κ2) is 5.36. The molecule has 1 saturated carbocycles. The minimum Gasteiger partial charge on any atom is -0.481 e. The van der Waals surface area contributed by atoms with Crippen molar-refractivity contribution in [2.75, 3.05) is 6.16 Å². The molecule has 5 atom stereocenters. The Hall–Kier alpha value is -0.950. The second-order valence-corrected chi connectivity index (χ2v) is 6.96. The molecule has 8 nitrogen and oxygen atoms in total. The lowest BCUT2D eigenvalue weighted by Gasteiger charge is -2.18. The maximum atomic E-state index is 11.8. The average Bonchev–Trinajstić information content (AvgIpc) is 3.04. The zero-order valence-electron chi connectivity index (χ0n) is 9.47. The van der Waals surface area contributed by atoms with Crippen molar-refractivity contribution in [1.82, 2.24) is 0 Å². The molecule has 1 aliphatic carbocycles. The van der Waals surface area contributed by atoms with Crippen molar-refractivity contribution < 1.29 is 34.4 Å². The van der Waals surface area contributed by atoms with E-state index in [9.17, 15) is 24.2 Å². The number of hydrogen-bond donors (Lipinski definition) is 5. The number of nitrogens with two attached hydrogens (primary N) is 1. The molecule has 18 heavy (non-hydrogen) atoms. The number of aliphatic hydroxyl groups is 1. The van der Waals surface area contributed by atoms with Crippen LogP contribution in [0, 0.1) is 11.8 Å². The second-order valence-electron chi connectivity index (χ2n) is 4.47. The van der Waals surface area contributed by atoms with Gasteiger partial charge in [-0.25, -0.2) is 0 Å². The average molecular weight is 281 g/mol. The number of rotatable bonds is 7. The standard InChI is InChI=1S/C9H16NO7P/c10-6(8(13)14)1-2-18(16,17)9(15)5-3-4(5)7(11)12/h4-6,9,15H,1-3,10H2,(H,11,12)(H,13,14)(H,16,17)/t4-,5-,6-,9+/m0/s1. The molecule has 0 heterocycles. The van der Waals surface area contributed by atoms with Crippen molar-refractivity contribution in [1.29, 1.82) is 0 Å². The number of aliphatic hydroxyl groups excluding tert-OH is 1. The molecule has 0 radical (unpaired) electrons. The summed E-state index contributed by atoms with van der Waals surface area (Å²) in [5, 5.41) is 26.8. The van der Waals surface area contributed by atoms with Crippen molar-refractivity contribution in [3.05, 3.63) is 0 Å². The summed E-state index contributed by atoms with van der Waals surface area (Å²) in [6.07, 6.45) is -0.527. The number of carbonyl (C=O) groups is 2. The Labute approximate surface area is 103 Å². The first kappa shape index (κ1) is 15.1. The molecule has 1 aliphatic rings. The fraction of sp³-hybridized carbons (Fsp3) is 0.778. The van der Waals surface area contributed by atoms with Crippen LogP contribution in [-0.2, 0) is 14.2 Å². The van der Waals surface area contributed by atoms with Gasteiger partial charge in [0.25, 0.3) is 0 Å². The van der Waals surface area contributed by atoms with Crippen molar-refractivity contribution in [2.45, 2.75) is 24.7 Å². The Morgan fingerprint density at radius 1 is 1.39 bits per heavy atom. The molecule has 1 fully saturated rings. The van der Waals surface area contributed by atoms with Gasteiger partial charge < -0.3 is 25.9 Å². The largest absolute Gasteiger partial charge is 0.481 e. The molecule has 0 aromatic carbocycles. The Balaban J connectivity index is 2.51. The lowest BCUT2D eigenvalue weighted by molar-refractivity contribution is -0.139. The highest BCUT2D eigenvalue weighted by atomic mass is 31.2. The van der Waals surface area contributed by atoms with E-state index in [2.05, 4.69) is 0 Å². The summed E-state index contributed by atoms with van der Waals surface area (Å²) < 4.78 is 11.8. The number of aliphatic carboxylic acids is 2. The lowest BCUT2D eigenvalue weighted by Crippen LogP contribution is -2.31. The summed E-state index contributed by atoms with van der Waals surface area (Å²) in [6.45, 7) is 0. The minimum atomic E-state index is -4.00. The van der Waals surface area contributed by atoms with Crippen LogP contribution in [0.1, 0.15) is 12.8 Å². The molecule has 6 N–H and O–H groups in total. The molecule has 0 bridgehead atoms. The third-order valence-electron chi connectivity index (χ3n) is 3.03. The first-order chi connectivity index (χ1) is 8.16. The van der Waals surface area contributed by atoms with E-state index in [1.165, 1.54) is 0 Å². The molecule has 1 unspecified atom stereocenters. The normalized spacial score (nSPS) is 29.1. The fourth-order valence-corrected chi connectivity index (χ4v) is 3.55. The van der Waals surface area contributed by atoms with Crippen LogP contribution < -0.4 is 5.73 Å². The van der Waals surface area contributed by atoms with Gasteiger partial charge in [0.15, 0.2) is 0 Å². The maximum Gasteiger partial charge on any atom is 0.320 e. The van der Waals surface area contributed by atoms with Gasteiger partial charge in [0.1, 0.15) is 11.9 Å². The Morgan fingerprint density at radius 2 is 1.94 bits per heavy atom. The van der Waals surface area contributed by atoms with Gasteiger partial charge in [0, 0.05) is 12.1 Å². The van der Waals surface area contributed by atoms with E-state index in [0.29, 0.717) is 0 Å². The summed E-state index contributed by atoms with van der Waals surface area (Å²) >= 11 is 0. The fourth-order valence-electron chi connectivity index (χ4n) is 1.71. The van der Waals surface area contributed by atoms with E-state index >= 15 is 0 Å². The monoisotopic (exact) mass is 281 g/mol. The van der Waals surface area contributed by atoms with Gasteiger partial charge in [0.05, 0.1) is 5.92 Å².